The van der Waals surface area contributed by atoms with E-state index in [9.17, 15) is 9.59 Å². The second kappa shape index (κ2) is 5.09. The van der Waals surface area contributed by atoms with Crippen LogP contribution in [0.3, 0.4) is 0 Å². The van der Waals surface area contributed by atoms with E-state index in [0.717, 1.165) is 17.3 Å². The molecule has 0 aliphatic rings. The summed E-state index contributed by atoms with van der Waals surface area (Å²) < 4.78 is 1.35. The third-order valence-corrected chi connectivity index (χ3v) is 3.18. The Morgan fingerprint density at radius 1 is 1.44 bits per heavy atom. The van der Waals surface area contributed by atoms with Gasteiger partial charge in [0.25, 0.3) is 0 Å². The van der Waals surface area contributed by atoms with Crippen molar-refractivity contribution in [3.8, 4) is 5.69 Å². The number of carbonyl (C=O) groups is 1. The highest BCUT2D eigenvalue weighted by atomic mass is 32.2. The van der Waals surface area contributed by atoms with Gasteiger partial charge in [-0.05, 0) is 19.1 Å². The molecule has 6 nitrogen and oxygen atoms in total. The van der Waals surface area contributed by atoms with Gasteiger partial charge in [0.2, 0.25) is 0 Å². The number of benzene rings is 1. The van der Waals surface area contributed by atoms with Crippen LogP contribution in [0, 0.1) is 6.92 Å². The van der Waals surface area contributed by atoms with Crippen molar-refractivity contribution >= 4 is 17.7 Å². The Morgan fingerprint density at radius 3 is 2.72 bits per heavy atom. The second-order valence-corrected chi connectivity index (χ2v) is 4.61. The first-order valence-corrected chi connectivity index (χ1v) is 6.15. The molecule has 1 aromatic heterocycles. The molecule has 2 rings (SSSR count). The van der Waals surface area contributed by atoms with Gasteiger partial charge in [0.1, 0.15) is 0 Å². The third-order valence-electron chi connectivity index (χ3n) is 2.26. The highest BCUT2D eigenvalue weighted by Gasteiger charge is 2.12. The van der Waals surface area contributed by atoms with Gasteiger partial charge in [-0.3, -0.25) is 4.79 Å². The zero-order chi connectivity index (χ0) is 13.1. The van der Waals surface area contributed by atoms with E-state index in [0.29, 0.717) is 10.8 Å². The highest BCUT2D eigenvalue weighted by molar-refractivity contribution is 7.99. The number of aryl methyl sites for hydroxylation is 1. The van der Waals surface area contributed by atoms with Gasteiger partial charge < -0.3 is 5.11 Å². The summed E-state index contributed by atoms with van der Waals surface area (Å²) in [6.07, 6.45) is 0. The smallest absolute Gasteiger partial charge is 0.348 e. The van der Waals surface area contributed by atoms with Crippen molar-refractivity contribution in [2.45, 2.75) is 12.1 Å². The number of thioether (sulfide) groups is 1. The number of hydrogen-bond donors (Lipinski definition) is 2. The lowest BCUT2D eigenvalue weighted by Gasteiger charge is -2.04. The monoisotopic (exact) mass is 265 g/mol. The van der Waals surface area contributed by atoms with E-state index >= 15 is 0 Å². The molecule has 18 heavy (non-hydrogen) atoms. The number of nitrogens with one attached hydrogen (secondary N) is 1. The van der Waals surface area contributed by atoms with Crippen LogP contribution in [0.2, 0.25) is 0 Å². The molecule has 0 fully saturated rings. The van der Waals surface area contributed by atoms with E-state index in [2.05, 4.69) is 10.2 Å². The second-order valence-electron chi connectivity index (χ2n) is 3.66. The Bertz CT molecular complexity index is 615. The number of aliphatic carboxylic acids is 1. The normalized spacial score (nSPS) is 10.5. The van der Waals surface area contributed by atoms with Crippen LogP contribution >= 0.6 is 11.8 Å². The van der Waals surface area contributed by atoms with Crippen molar-refractivity contribution in [1.82, 2.24) is 14.8 Å². The van der Waals surface area contributed by atoms with Gasteiger partial charge in [0, 0.05) is 0 Å². The molecule has 0 saturated carbocycles. The van der Waals surface area contributed by atoms with Gasteiger partial charge in [-0.1, -0.05) is 29.5 Å². The molecule has 0 amide bonds. The molecule has 0 radical (unpaired) electrons. The minimum absolute atomic E-state index is 0.143. The molecule has 0 unspecified atom stereocenters. The van der Waals surface area contributed by atoms with Crippen molar-refractivity contribution in [1.29, 1.82) is 0 Å². The fraction of sp³-hybridized carbons (Fsp3) is 0.182. The fourth-order valence-electron chi connectivity index (χ4n) is 1.43. The largest absolute Gasteiger partial charge is 0.481 e. The first-order valence-electron chi connectivity index (χ1n) is 5.17. The molecule has 2 N–H and O–H groups in total. The number of carboxylic acid groups (broad SMARTS) is 1. The zero-order valence-corrected chi connectivity index (χ0v) is 10.4. The lowest BCUT2D eigenvalue weighted by atomic mass is 10.2. The summed E-state index contributed by atoms with van der Waals surface area (Å²) in [5.41, 5.74) is 1.36. The minimum atomic E-state index is -0.953. The molecular formula is C11H11N3O3S. The molecule has 2 aromatic rings. The first-order chi connectivity index (χ1) is 8.58. The Morgan fingerprint density at radius 2 is 2.11 bits per heavy atom. The molecule has 0 saturated heterocycles. The molecule has 0 aliphatic heterocycles. The van der Waals surface area contributed by atoms with Gasteiger partial charge in [-0.15, -0.1) is 5.10 Å². The van der Waals surface area contributed by atoms with Gasteiger partial charge in [0.15, 0.2) is 5.16 Å². The molecular weight excluding hydrogens is 254 g/mol. The highest BCUT2D eigenvalue weighted by Crippen LogP contribution is 2.17. The Hall–Kier alpha value is -2.02. The lowest BCUT2D eigenvalue weighted by Crippen LogP contribution is -2.15. The molecule has 94 valence electrons. The fourth-order valence-corrected chi connectivity index (χ4v) is 2.11. The number of nitrogens with zero attached hydrogens (tertiary/aromatic N) is 2. The van der Waals surface area contributed by atoms with E-state index in [4.69, 9.17) is 5.11 Å². The summed E-state index contributed by atoms with van der Waals surface area (Å²) in [5.74, 6) is -1.10. The molecule has 0 aliphatic carbocycles. The molecule has 1 aromatic carbocycles. The van der Waals surface area contributed by atoms with Crippen molar-refractivity contribution < 1.29 is 9.90 Å². The Balaban J connectivity index is 2.37. The molecule has 7 heteroatoms. The van der Waals surface area contributed by atoms with Crippen LogP contribution in [-0.2, 0) is 4.79 Å². The Labute approximate surface area is 107 Å². The van der Waals surface area contributed by atoms with Crippen LogP contribution in [0.5, 0.6) is 0 Å². The summed E-state index contributed by atoms with van der Waals surface area (Å²) in [4.78, 5) is 22.2. The average Bonchev–Trinajstić information content (AvgIpc) is 2.69. The molecule has 0 spiro atoms. The number of H-pyrrole nitrogens is 1. The van der Waals surface area contributed by atoms with Crippen molar-refractivity contribution in [3.05, 3.63) is 40.3 Å². The van der Waals surface area contributed by atoms with E-state index in [1.165, 1.54) is 4.57 Å². The number of aromatic amines is 1. The quantitative estimate of drug-likeness (QED) is 0.807. The van der Waals surface area contributed by atoms with Crippen LogP contribution in [0.15, 0.2) is 34.2 Å². The summed E-state index contributed by atoms with van der Waals surface area (Å²) in [7, 11) is 0. The molecule has 0 atom stereocenters. The van der Waals surface area contributed by atoms with Crippen LogP contribution in [0.1, 0.15) is 5.56 Å². The summed E-state index contributed by atoms with van der Waals surface area (Å²) in [6, 6.07) is 7.33. The lowest BCUT2D eigenvalue weighted by molar-refractivity contribution is -0.133. The van der Waals surface area contributed by atoms with Crippen LogP contribution < -0.4 is 5.69 Å². The minimum Gasteiger partial charge on any atom is -0.481 e. The maximum Gasteiger partial charge on any atom is 0.348 e. The number of hydrogen-bond acceptors (Lipinski definition) is 4. The van der Waals surface area contributed by atoms with Gasteiger partial charge in [-0.25, -0.2) is 14.5 Å². The predicted molar refractivity (Wildman–Crippen MR) is 67.3 cm³/mol. The Kier molecular flexibility index (Phi) is 3.52. The van der Waals surface area contributed by atoms with Gasteiger partial charge in [-0.2, -0.15) is 0 Å². The zero-order valence-electron chi connectivity index (χ0n) is 9.58. The topological polar surface area (TPSA) is 88.0 Å². The van der Waals surface area contributed by atoms with Crippen molar-refractivity contribution in [2.24, 2.45) is 0 Å². The summed E-state index contributed by atoms with van der Waals surface area (Å²) in [6.45, 7) is 1.95. The van der Waals surface area contributed by atoms with Crippen molar-refractivity contribution in [2.75, 3.05) is 5.75 Å². The van der Waals surface area contributed by atoms with E-state index in [1.807, 2.05) is 19.1 Å². The standard InChI is InChI=1S/C11H11N3O3S/c1-7-2-4-8(5-3-7)14-10(17)12-13-11(14)18-6-9(15)16/h2-5H,6H2,1H3,(H,12,17)(H,15,16). The number of rotatable bonds is 4. The van der Waals surface area contributed by atoms with Crippen LogP contribution in [-0.4, -0.2) is 31.6 Å². The third kappa shape index (κ3) is 2.62. The number of carboxylic acids is 1. The van der Waals surface area contributed by atoms with Crippen LogP contribution in [0.25, 0.3) is 5.69 Å². The average molecular weight is 265 g/mol. The molecule has 0 bridgehead atoms. The maximum absolute atomic E-state index is 11.7. The SMILES string of the molecule is Cc1ccc(-n2c(SCC(=O)O)n[nH]c2=O)cc1. The van der Waals surface area contributed by atoms with E-state index in [1.54, 1.807) is 12.1 Å². The first kappa shape index (κ1) is 12.4. The van der Waals surface area contributed by atoms with E-state index < -0.39 is 5.97 Å². The summed E-state index contributed by atoms with van der Waals surface area (Å²) >= 11 is 0.996. The van der Waals surface area contributed by atoms with Gasteiger partial charge >= 0.3 is 11.7 Å². The predicted octanol–water partition coefficient (Wildman–Crippen LogP) is 1.05. The van der Waals surface area contributed by atoms with Crippen molar-refractivity contribution in [3.63, 3.8) is 0 Å². The summed E-state index contributed by atoms with van der Waals surface area (Å²) in [5, 5.41) is 15.1. The molecule has 1 heterocycles. The van der Waals surface area contributed by atoms with Gasteiger partial charge in [0.05, 0.1) is 11.4 Å². The number of aromatic nitrogens is 3. The maximum atomic E-state index is 11.7. The van der Waals surface area contributed by atoms with Crippen LogP contribution in [0.4, 0.5) is 0 Å². The van der Waals surface area contributed by atoms with E-state index in [-0.39, 0.29) is 11.4 Å².